The smallest absolute Gasteiger partial charge is 0.251 e. The van der Waals surface area contributed by atoms with Crippen molar-refractivity contribution in [3.8, 4) is 5.75 Å². The first-order valence-corrected chi connectivity index (χ1v) is 13.1. The molecule has 1 atom stereocenters. The minimum Gasteiger partial charge on any atom is -0.497 e. The summed E-state index contributed by atoms with van der Waals surface area (Å²) in [6, 6.07) is 14.0. The average molecular weight is 501 g/mol. The van der Waals surface area contributed by atoms with Crippen LogP contribution in [0, 0.1) is 12.8 Å². The number of carbonyl (C=O) groups is 1. The van der Waals surface area contributed by atoms with Gasteiger partial charge in [-0.2, -0.15) is 0 Å². The number of aliphatic imine (C=N–C) groups is 2. The SMILES string of the molecule is COc1ccc(C2CN=C3C(Nc4ccc(C(=O)NCCC5CCN(C)CC5)c(C)c4)=NC=CN32)cc1. The number of hydrogen-bond acceptors (Lipinski definition) is 7. The number of amides is 1. The van der Waals surface area contributed by atoms with Gasteiger partial charge in [-0.1, -0.05) is 12.1 Å². The third-order valence-electron chi connectivity index (χ3n) is 7.55. The van der Waals surface area contributed by atoms with Crippen LogP contribution in [0.3, 0.4) is 0 Å². The van der Waals surface area contributed by atoms with Crippen molar-refractivity contribution in [2.45, 2.75) is 32.2 Å². The van der Waals surface area contributed by atoms with E-state index in [2.05, 4.69) is 44.6 Å². The van der Waals surface area contributed by atoms with Crippen LogP contribution in [0.1, 0.15) is 46.8 Å². The van der Waals surface area contributed by atoms with Crippen LogP contribution in [0.25, 0.3) is 0 Å². The Morgan fingerprint density at radius 1 is 1.14 bits per heavy atom. The Morgan fingerprint density at radius 3 is 2.65 bits per heavy atom. The molecular formula is C29H36N6O2. The highest BCUT2D eigenvalue weighted by Gasteiger charge is 2.32. The summed E-state index contributed by atoms with van der Waals surface area (Å²) in [4.78, 5) is 26.7. The summed E-state index contributed by atoms with van der Waals surface area (Å²) in [7, 11) is 3.85. The number of benzene rings is 2. The highest BCUT2D eigenvalue weighted by molar-refractivity contribution is 6.45. The maximum absolute atomic E-state index is 12.8. The number of ether oxygens (including phenoxy) is 1. The maximum Gasteiger partial charge on any atom is 0.251 e. The number of nitrogens with one attached hydrogen (secondary N) is 2. The molecule has 1 saturated heterocycles. The Kier molecular flexibility index (Phi) is 7.55. The summed E-state index contributed by atoms with van der Waals surface area (Å²) < 4.78 is 5.29. The first kappa shape index (κ1) is 25.0. The molecule has 1 amide bonds. The third-order valence-corrected chi connectivity index (χ3v) is 7.55. The molecule has 0 aromatic heterocycles. The summed E-state index contributed by atoms with van der Waals surface area (Å²) in [6.07, 6.45) is 7.24. The van der Waals surface area contributed by atoms with Crippen LogP contribution < -0.4 is 15.4 Å². The van der Waals surface area contributed by atoms with Gasteiger partial charge in [0, 0.05) is 30.2 Å². The van der Waals surface area contributed by atoms with Gasteiger partial charge in [-0.3, -0.25) is 9.79 Å². The Balaban J connectivity index is 1.18. The highest BCUT2D eigenvalue weighted by Crippen LogP contribution is 2.30. The quantitative estimate of drug-likeness (QED) is 0.595. The molecular weight excluding hydrogens is 464 g/mol. The van der Waals surface area contributed by atoms with Crippen LogP contribution in [-0.4, -0.2) is 67.7 Å². The number of piperidine rings is 1. The first-order chi connectivity index (χ1) is 18.0. The van der Waals surface area contributed by atoms with Gasteiger partial charge in [0.15, 0.2) is 11.7 Å². The second-order valence-corrected chi connectivity index (χ2v) is 10.1. The average Bonchev–Trinajstić information content (AvgIpc) is 3.35. The zero-order chi connectivity index (χ0) is 25.8. The Bertz CT molecular complexity index is 1210. The van der Waals surface area contributed by atoms with Gasteiger partial charge < -0.3 is 25.2 Å². The van der Waals surface area contributed by atoms with Crippen LogP contribution in [0.2, 0.25) is 0 Å². The molecule has 0 aliphatic carbocycles. The van der Waals surface area contributed by atoms with E-state index in [1.165, 1.54) is 18.4 Å². The van der Waals surface area contributed by atoms with Crippen LogP contribution in [0.4, 0.5) is 5.69 Å². The number of anilines is 1. The molecule has 2 aromatic carbocycles. The van der Waals surface area contributed by atoms with Crippen LogP contribution in [0.15, 0.2) is 64.8 Å². The fraction of sp³-hybridized carbons (Fsp3) is 0.414. The van der Waals surface area contributed by atoms with Gasteiger partial charge in [0.1, 0.15) is 5.75 Å². The Hall–Kier alpha value is -3.65. The Morgan fingerprint density at radius 2 is 1.92 bits per heavy atom. The van der Waals surface area contributed by atoms with Crippen LogP contribution in [-0.2, 0) is 0 Å². The van der Waals surface area contributed by atoms with Crippen molar-refractivity contribution in [3.63, 3.8) is 0 Å². The largest absolute Gasteiger partial charge is 0.497 e. The van der Waals surface area contributed by atoms with E-state index in [0.29, 0.717) is 23.9 Å². The van der Waals surface area contributed by atoms with Crippen molar-refractivity contribution in [1.29, 1.82) is 0 Å². The molecule has 3 aliphatic rings. The van der Waals surface area contributed by atoms with Crippen molar-refractivity contribution in [3.05, 3.63) is 71.6 Å². The van der Waals surface area contributed by atoms with Crippen molar-refractivity contribution < 1.29 is 9.53 Å². The number of carbonyl (C=O) groups excluding carboxylic acids is 1. The van der Waals surface area contributed by atoms with E-state index in [1.807, 2.05) is 43.5 Å². The predicted molar refractivity (Wildman–Crippen MR) is 148 cm³/mol. The first-order valence-electron chi connectivity index (χ1n) is 13.1. The van der Waals surface area contributed by atoms with Gasteiger partial charge in [-0.25, -0.2) is 4.99 Å². The Labute approximate surface area is 219 Å². The molecule has 3 aliphatic heterocycles. The van der Waals surface area contributed by atoms with Gasteiger partial charge in [0.25, 0.3) is 5.91 Å². The summed E-state index contributed by atoms with van der Waals surface area (Å²) in [5, 5.41) is 6.53. The summed E-state index contributed by atoms with van der Waals surface area (Å²) in [5.74, 6) is 3.05. The topological polar surface area (TPSA) is 81.6 Å². The predicted octanol–water partition coefficient (Wildman–Crippen LogP) is 4.22. The van der Waals surface area contributed by atoms with E-state index in [4.69, 9.17) is 9.73 Å². The molecule has 0 spiro atoms. The fourth-order valence-corrected chi connectivity index (χ4v) is 5.25. The highest BCUT2D eigenvalue weighted by atomic mass is 16.5. The standard InChI is InChI=1S/C29H36N6O2/c1-20-18-23(6-9-25(20)29(36)31-13-10-21-11-15-34(2)16-12-21)33-27-28-32-19-26(35(28)17-14-30-27)22-4-7-24(37-3)8-5-22/h4-9,14,17-18,21,26H,10-13,15-16,19H2,1-3H3,(H,30,33)(H,31,36). The maximum atomic E-state index is 12.8. The van der Waals surface area contributed by atoms with E-state index < -0.39 is 0 Å². The van der Waals surface area contributed by atoms with Crippen LogP contribution >= 0.6 is 0 Å². The molecule has 0 saturated carbocycles. The normalized spacial score (nSPS) is 19.8. The lowest BCUT2D eigenvalue weighted by molar-refractivity contribution is 0.0948. The minimum absolute atomic E-state index is 0.0106. The zero-order valence-electron chi connectivity index (χ0n) is 21.9. The number of rotatable bonds is 7. The lowest BCUT2D eigenvalue weighted by atomic mass is 9.94. The van der Waals surface area contributed by atoms with E-state index in [1.54, 1.807) is 13.3 Å². The number of amidine groups is 2. The van der Waals surface area contributed by atoms with Crippen molar-refractivity contribution >= 4 is 23.3 Å². The summed E-state index contributed by atoms with van der Waals surface area (Å²) >= 11 is 0. The lowest BCUT2D eigenvalue weighted by Crippen LogP contribution is -2.37. The number of nitrogens with zero attached hydrogens (tertiary/aromatic N) is 4. The monoisotopic (exact) mass is 500 g/mol. The molecule has 3 heterocycles. The van der Waals surface area contributed by atoms with Crippen molar-refractivity contribution in [2.75, 3.05) is 45.7 Å². The van der Waals surface area contributed by atoms with Gasteiger partial charge in [-0.05, 0) is 93.7 Å². The number of hydrogen-bond donors (Lipinski definition) is 2. The van der Waals surface area contributed by atoms with E-state index in [-0.39, 0.29) is 11.9 Å². The molecule has 8 heteroatoms. The second kappa shape index (κ2) is 11.2. The molecule has 5 rings (SSSR count). The fourth-order valence-electron chi connectivity index (χ4n) is 5.25. The van der Waals surface area contributed by atoms with Crippen LogP contribution in [0.5, 0.6) is 5.75 Å². The van der Waals surface area contributed by atoms with E-state index in [0.717, 1.165) is 48.9 Å². The van der Waals surface area contributed by atoms with Gasteiger partial charge in [0.05, 0.1) is 19.7 Å². The van der Waals surface area contributed by atoms with Crippen molar-refractivity contribution in [2.24, 2.45) is 15.9 Å². The molecule has 194 valence electrons. The lowest BCUT2D eigenvalue weighted by Gasteiger charge is -2.28. The molecule has 37 heavy (non-hydrogen) atoms. The molecule has 1 fully saturated rings. The van der Waals surface area contributed by atoms with Crippen molar-refractivity contribution in [1.82, 2.24) is 15.1 Å². The molecule has 0 radical (unpaired) electrons. The van der Waals surface area contributed by atoms with Gasteiger partial charge in [0.2, 0.25) is 0 Å². The molecule has 0 bridgehead atoms. The zero-order valence-corrected chi connectivity index (χ0v) is 21.9. The van der Waals surface area contributed by atoms with E-state index in [9.17, 15) is 4.79 Å². The number of aryl methyl sites for hydroxylation is 1. The minimum atomic E-state index is -0.0106. The summed E-state index contributed by atoms with van der Waals surface area (Å²) in [5.41, 5.74) is 3.69. The molecule has 2 N–H and O–H groups in total. The molecule has 1 unspecified atom stereocenters. The van der Waals surface area contributed by atoms with E-state index >= 15 is 0 Å². The number of fused-ring (bicyclic) bond motifs is 1. The number of likely N-dealkylation sites (tertiary alicyclic amines) is 1. The summed E-state index contributed by atoms with van der Waals surface area (Å²) in [6.45, 7) is 5.65. The third kappa shape index (κ3) is 5.69. The molecule has 8 nitrogen and oxygen atoms in total. The van der Waals surface area contributed by atoms with Gasteiger partial charge >= 0.3 is 0 Å². The van der Waals surface area contributed by atoms with Gasteiger partial charge in [-0.15, -0.1) is 0 Å². The number of methoxy groups -OCH3 is 1. The second-order valence-electron chi connectivity index (χ2n) is 10.1. The molecule has 2 aromatic rings.